The van der Waals surface area contributed by atoms with Crippen LogP contribution in [0.4, 0.5) is 5.95 Å². The van der Waals surface area contributed by atoms with E-state index in [4.69, 9.17) is 22.4 Å². The van der Waals surface area contributed by atoms with Crippen LogP contribution in [0.5, 0.6) is 0 Å². The highest BCUT2D eigenvalue weighted by molar-refractivity contribution is 7.90. The zero-order chi connectivity index (χ0) is 19.9. The third kappa shape index (κ3) is 3.19. The summed E-state index contributed by atoms with van der Waals surface area (Å²) < 4.78 is 26.1. The lowest BCUT2D eigenvalue weighted by atomic mass is 9.97. The van der Waals surface area contributed by atoms with Crippen molar-refractivity contribution < 1.29 is 8.42 Å². The van der Waals surface area contributed by atoms with Crippen molar-refractivity contribution in [3.05, 3.63) is 35.9 Å². The molecule has 3 rings (SSSR count). The fourth-order valence-corrected chi connectivity index (χ4v) is 4.34. The van der Waals surface area contributed by atoms with E-state index in [1.54, 1.807) is 29.8 Å². The van der Waals surface area contributed by atoms with E-state index in [2.05, 4.69) is 28.2 Å². The van der Waals surface area contributed by atoms with Crippen molar-refractivity contribution in [1.29, 1.82) is 0 Å². The van der Waals surface area contributed by atoms with Crippen molar-refractivity contribution in [3.8, 4) is 11.1 Å². The Morgan fingerprint density at radius 2 is 1.96 bits per heavy atom. The second-order valence-corrected chi connectivity index (χ2v) is 7.69. The number of aromatic nitrogens is 2. The summed E-state index contributed by atoms with van der Waals surface area (Å²) in [5.41, 5.74) is 16.4. The van der Waals surface area contributed by atoms with Gasteiger partial charge in [0.2, 0.25) is 16.0 Å². The number of amidine groups is 1. The highest BCUT2D eigenvalue weighted by Crippen LogP contribution is 2.36. The van der Waals surface area contributed by atoms with Gasteiger partial charge in [-0.25, -0.2) is 29.9 Å². The van der Waals surface area contributed by atoms with Gasteiger partial charge in [-0.15, -0.1) is 17.7 Å². The fourth-order valence-electron chi connectivity index (χ4n) is 2.91. The van der Waals surface area contributed by atoms with E-state index in [0.29, 0.717) is 22.6 Å². The average molecular weight is 406 g/mol. The van der Waals surface area contributed by atoms with Gasteiger partial charge in [0, 0.05) is 23.1 Å². The number of aryl methyl sites for hydroxylation is 1. The second-order valence-electron chi connectivity index (χ2n) is 5.71. The molecule has 0 aliphatic rings. The molecule has 0 atom stereocenters. The maximum atomic E-state index is 12.2. The van der Waals surface area contributed by atoms with E-state index in [1.165, 1.54) is 6.07 Å². The molecule has 27 heavy (non-hydrogen) atoms. The first kappa shape index (κ1) is 19.0. The van der Waals surface area contributed by atoms with Crippen molar-refractivity contribution in [2.24, 2.45) is 28.9 Å². The maximum Gasteiger partial charge on any atom is 0.239 e. The summed E-state index contributed by atoms with van der Waals surface area (Å²) in [5, 5.41) is 9.12. The van der Waals surface area contributed by atoms with Crippen LogP contribution in [0, 0.1) is 0 Å². The Hall–Kier alpha value is -2.80. The molecule has 0 aliphatic heterocycles. The number of hydrogen-bond donors (Lipinski definition) is 6. The smallest absolute Gasteiger partial charge is 0.239 e. The zero-order valence-electron chi connectivity index (χ0n) is 14.2. The van der Waals surface area contributed by atoms with E-state index < -0.39 is 10.0 Å². The normalized spacial score (nSPS) is 12.5. The molecule has 142 valence electrons. The molecule has 2 aromatic carbocycles. The molecule has 0 amide bonds. The number of nitrogens with two attached hydrogens (primary N) is 4. The van der Waals surface area contributed by atoms with Crippen LogP contribution in [0.2, 0.25) is 0 Å². The molecule has 0 saturated heterocycles. The van der Waals surface area contributed by atoms with Crippen LogP contribution in [0.15, 0.2) is 45.2 Å². The summed E-state index contributed by atoms with van der Waals surface area (Å²) in [6.45, 7) is 0. The van der Waals surface area contributed by atoms with Gasteiger partial charge in [-0.05, 0) is 17.7 Å². The number of benzene rings is 2. The summed E-state index contributed by atoms with van der Waals surface area (Å²) in [4.78, 5) is 4.23. The van der Waals surface area contributed by atoms with Gasteiger partial charge in [0.1, 0.15) is 4.90 Å². The number of hydrazine groups is 1. The van der Waals surface area contributed by atoms with Crippen LogP contribution < -0.4 is 28.0 Å². The Kier molecular flexibility index (Phi) is 4.73. The van der Waals surface area contributed by atoms with E-state index in [9.17, 15) is 8.42 Å². The first-order valence-corrected chi connectivity index (χ1v) is 9.55. The van der Waals surface area contributed by atoms with Gasteiger partial charge in [0.05, 0.1) is 11.0 Å². The van der Waals surface area contributed by atoms with Crippen LogP contribution in [0.3, 0.4) is 0 Å². The molecule has 1 heterocycles. The van der Waals surface area contributed by atoms with Gasteiger partial charge >= 0.3 is 0 Å². The van der Waals surface area contributed by atoms with Crippen molar-refractivity contribution >= 4 is 45.5 Å². The summed E-state index contributed by atoms with van der Waals surface area (Å²) in [7, 11) is -2.40. The SMILES string of the molecule is Cn1c(N)nc2c(-c3ccc(S)c(S(N)(=O)=O)c3/C(N)=N/NN)cccc21. The minimum Gasteiger partial charge on any atom is -0.382 e. The van der Waals surface area contributed by atoms with Gasteiger partial charge < -0.3 is 16.0 Å². The molecule has 0 spiro atoms. The minimum atomic E-state index is -4.17. The number of hydrogen-bond acceptors (Lipinski definition) is 8. The Labute approximate surface area is 160 Å². The standard InChI is InChI=1S/C15H18N8O2S2/c1-23-9-4-2-3-8(12(9)20-15(23)17)7-5-6-10(26)13(27(19,24)25)11(7)14(16)21-22-18/h2-6,22,26H,18H2,1H3,(H2,16,21)(H2,17,20)(H2,19,24,25). The van der Waals surface area contributed by atoms with Crippen molar-refractivity contribution in [2.45, 2.75) is 9.79 Å². The highest BCUT2D eigenvalue weighted by Gasteiger charge is 2.25. The number of sulfonamides is 1. The Bertz CT molecular complexity index is 1180. The lowest BCUT2D eigenvalue weighted by molar-refractivity contribution is 0.595. The number of nitrogens with one attached hydrogen (secondary N) is 1. The largest absolute Gasteiger partial charge is 0.382 e. The number of primary sulfonamides is 1. The summed E-state index contributed by atoms with van der Waals surface area (Å²) in [6.07, 6.45) is 0. The fraction of sp³-hybridized carbons (Fsp3) is 0.0667. The monoisotopic (exact) mass is 406 g/mol. The Morgan fingerprint density at radius 1 is 1.26 bits per heavy atom. The van der Waals surface area contributed by atoms with Gasteiger partial charge in [-0.2, -0.15) is 0 Å². The van der Waals surface area contributed by atoms with Gasteiger partial charge in [-0.3, -0.25) is 0 Å². The zero-order valence-corrected chi connectivity index (χ0v) is 15.9. The maximum absolute atomic E-state index is 12.2. The summed E-state index contributed by atoms with van der Waals surface area (Å²) in [5.74, 6) is 5.35. The Balaban J connectivity index is 2.49. The van der Waals surface area contributed by atoms with Gasteiger partial charge in [0.25, 0.3) is 0 Å². The Morgan fingerprint density at radius 3 is 2.59 bits per heavy atom. The van der Waals surface area contributed by atoms with Crippen LogP contribution in [-0.2, 0) is 17.1 Å². The number of imidazole rings is 1. The van der Waals surface area contributed by atoms with E-state index in [1.807, 2.05) is 6.07 Å². The number of nitrogens with zero attached hydrogens (tertiary/aromatic N) is 3. The molecule has 0 saturated carbocycles. The topological polar surface area (TPSA) is 180 Å². The lowest BCUT2D eigenvalue weighted by Crippen LogP contribution is -2.27. The number of thiol groups is 1. The highest BCUT2D eigenvalue weighted by atomic mass is 32.2. The molecule has 0 bridgehead atoms. The molecular weight excluding hydrogens is 388 g/mol. The van der Waals surface area contributed by atoms with Gasteiger partial charge in [-0.1, -0.05) is 18.2 Å². The minimum absolute atomic E-state index is 0.0691. The molecule has 9 N–H and O–H groups in total. The molecule has 0 radical (unpaired) electrons. The number of anilines is 1. The van der Waals surface area contributed by atoms with Crippen LogP contribution >= 0.6 is 12.6 Å². The molecule has 0 fully saturated rings. The number of rotatable bonds is 4. The molecule has 12 heteroatoms. The van der Waals surface area contributed by atoms with Crippen LogP contribution in [0.25, 0.3) is 22.2 Å². The molecule has 0 unspecified atom stereocenters. The van der Waals surface area contributed by atoms with Crippen molar-refractivity contribution in [2.75, 3.05) is 5.73 Å². The number of para-hydroxylation sites is 1. The first-order valence-electron chi connectivity index (χ1n) is 7.56. The quantitative estimate of drug-likeness (QED) is 0.114. The second kappa shape index (κ2) is 6.74. The predicted octanol–water partition coefficient (Wildman–Crippen LogP) is -0.158. The molecule has 10 nitrogen and oxygen atoms in total. The molecule has 0 aliphatic carbocycles. The third-order valence-electron chi connectivity index (χ3n) is 4.10. The van der Waals surface area contributed by atoms with Crippen LogP contribution in [0.1, 0.15) is 5.56 Å². The summed E-state index contributed by atoms with van der Waals surface area (Å²) in [6, 6.07) is 8.57. The number of nitrogen functional groups attached to an aromatic ring is 1. The van der Waals surface area contributed by atoms with E-state index in [-0.39, 0.29) is 21.2 Å². The summed E-state index contributed by atoms with van der Waals surface area (Å²) >= 11 is 4.22. The molecular formula is C15H18N8O2S2. The van der Waals surface area contributed by atoms with E-state index >= 15 is 0 Å². The molecule has 1 aromatic heterocycles. The number of hydrazone groups is 1. The van der Waals surface area contributed by atoms with Crippen molar-refractivity contribution in [3.63, 3.8) is 0 Å². The molecule has 3 aromatic rings. The average Bonchev–Trinajstić information content (AvgIpc) is 2.88. The number of fused-ring (bicyclic) bond motifs is 1. The predicted molar refractivity (Wildman–Crippen MR) is 107 cm³/mol. The van der Waals surface area contributed by atoms with Crippen LogP contribution in [-0.4, -0.2) is 23.8 Å². The van der Waals surface area contributed by atoms with E-state index in [0.717, 1.165) is 5.52 Å². The lowest BCUT2D eigenvalue weighted by Gasteiger charge is -2.16. The van der Waals surface area contributed by atoms with Crippen molar-refractivity contribution in [1.82, 2.24) is 15.1 Å². The first-order chi connectivity index (χ1) is 12.7. The van der Waals surface area contributed by atoms with Gasteiger partial charge in [0.15, 0.2) is 5.84 Å². The third-order valence-corrected chi connectivity index (χ3v) is 5.62.